The van der Waals surface area contributed by atoms with Gasteiger partial charge in [0.1, 0.15) is 5.75 Å². The van der Waals surface area contributed by atoms with Crippen LogP contribution in [0.4, 0.5) is 11.6 Å². The fourth-order valence-electron chi connectivity index (χ4n) is 2.96. The van der Waals surface area contributed by atoms with Crippen molar-refractivity contribution in [3.8, 4) is 5.75 Å². The fraction of sp³-hybridized carbons (Fsp3) is 0.474. The van der Waals surface area contributed by atoms with E-state index in [0.717, 1.165) is 17.1 Å². The Hall–Kier alpha value is -2.34. The Morgan fingerprint density at radius 1 is 1.16 bits per heavy atom. The molecule has 0 N–H and O–H groups in total. The maximum atomic E-state index is 12.8. The lowest BCUT2D eigenvalue weighted by Gasteiger charge is -2.40. The quantitative estimate of drug-likeness (QED) is 0.855. The molecule has 0 unspecified atom stereocenters. The molecule has 1 aromatic carbocycles. The van der Waals surface area contributed by atoms with Gasteiger partial charge in [-0.25, -0.2) is 4.98 Å². The zero-order valence-electron chi connectivity index (χ0n) is 15.6. The third-order valence-corrected chi connectivity index (χ3v) is 4.70. The molecule has 6 nitrogen and oxygen atoms in total. The van der Waals surface area contributed by atoms with Gasteiger partial charge in [-0.2, -0.15) is 0 Å². The van der Waals surface area contributed by atoms with Crippen molar-refractivity contribution in [2.24, 2.45) is 0 Å². The van der Waals surface area contributed by atoms with Gasteiger partial charge < -0.3 is 4.74 Å². The Kier molecular flexibility index (Phi) is 4.81. The van der Waals surface area contributed by atoms with Crippen LogP contribution >= 0.6 is 0 Å². The largest absolute Gasteiger partial charge is 0.494 e. The lowest BCUT2D eigenvalue weighted by atomic mass is 10.2. The minimum atomic E-state index is 0.0313. The van der Waals surface area contributed by atoms with Crippen LogP contribution in [0.2, 0.25) is 0 Å². The van der Waals surface area contributed by atoms with Crippen LogP contribution in [0.3, 0.4) is 0 Å². The number of fused-ring (bicyclic) bond motifs is 1. The number of anilines is 2. The van der Waals surface area contributed by atoms with Gasteiger partial charge in [0.2, 0.25) is 5.95 Å². The number of rotatable bonds is 4. The van der Waals surface area contributed by atoms with Crippen molar-refractivity contribution in [1.29, 1.82) is 0 Å². The van der Waals surface area contributed by atoms with Gasteiger partial charge in [0.15, 0.2) is 0 Å². The van der Waals surface area contributed by atoms with E-state index in [1.807, 2.05) is 45.0 Å². The molecule has 2 aromatic rings. The number of aryl methyl sites for hydroxylation is 1. The van der Waals surface area contributed by atoms with E-state index in [-0.39, 0.29) is 5.56 Å². The topological polar surface area (TPSA) is 50.6 Å². The van der Waals surface area contributed by atoms with Crippen LogP contribution in [0, 0.1) is 13.8 Å². The van der Waals surface area contributed by atoms with E-state index in [2.05, 4.69) is 23.6 Å². The molecule has 0 fully saturated rings. The smallest absolute Gasteiger partial charge is 0.259 e. The molecule has 0 saturated carbocycles. The molecule has 1 aromatic heterocycles. The number of ether oxygens (including phenoxy) is 1. The molecule has 6 heteroatoms. The summed E-state index contributed by atoms with van der Waals surface area (Å²) in [6, 6.07) is 8.26. The standard InChI is InChI=1S/C19H26N4O2/c1-6-25-17-9-7-16(8-10-17)22-11-21(13(2)3)12-23-18(24)14(4)15(5)20-19(22)23/h7-10,13H,6,11-12H2,1-5H3. The number of hydrogen-bond donors (Lipinski definition) is 0. The second-order valence-corrected chi connectivity index (χ2v) is 6.68. The molecule has 0 aliphatic carbocycles. The van der Waals surface area contributed by atoms with E-state index in [1.54, 1.807) is 4.57 Å². The van der Waals surface area contributed by atoms with Gasteiger partial charge in [0, 0.05) is 23.0 Å². The SMILES string of the molecule is CCOc1ccc(N2CN(C(C)C)Cn3c2nc(C)c(C)c3=O)cc1. The molecule has 3 rings (SSSR count). The highest BCUT2D eigenvalue weighted by Gasteiger charge is 2.28. The van der Waals surface area contributed by atoms with E-state index < -0.39 is 0 Å². The van der Waals surface area contributed by atoms with Gasteiger partial charge in [0.25, 0.3) is 5.56 Å². The first-order valence-electron chi connectivity index (χ1n) is 8.74. The van der Waals surface area contributed by atoms with Crippen LogP contribution < -0.4 is 15.2 Å². The summed E-state index contributed by atoms with van der Waals surface area (Å²) in [5.74, 6) is 1.54. The Morgan fingerprint density at radius 2 is 1.84 bits per heavy atom. The predicted molar refractivity (Wildman–Crippen MR) is 99.6 cm³/mol. The van der Waals surface area contributed by atoms with Crippen LogP contribution in [0.5, 0.6) is 5.75 Å². The molecule has 25 heavy (non-hydrogen) atoms. The maximum absolute atomic E-state index is 12.8. The van der Waals surface area contributed by atoms with E-state index in [0.29, 0.717) is 37.5 Å². The van der Waals surface area contributed by atoms with Crippen molar-refractivity contribution >= 4 is 11.6 Å². The van der Waals surface area contributed by atoms with Crippen molar-refractivity contribution in [1.82, 2.24) is 14.5 Å². The Bertz CT molecular complexity index is 811. The molecule has 0 radical (unpaired) electrons. The number of benzene rings is 1. The highest BCUT2D eigenvalue weighted by atomic mass is 16.5. The Labute approximate surface area is 148 Å². The first-order valence-corrected chi connectivity index (χ1v) is 8.74. The van der Waals surface area contributed by atoms with Crippen LogP contribution in [0.25, 0.3) is 0 Å². The van der Waals surface area contributed by atoms with Gasteiger partial charge in [-0.1, -0.05) is 0 Å². The van der Waals surface area contributed by atoms with E-state index in [4.69, 9.17) is 9.72 Å². The first-order chi connectivity index (χ1) is 11.9. The van der Waals surface area contributed by atoms with E-state index >= 15 is 0 Å². The predicted octanol–water partition coefficient (Wildman–Crippen LogP) is 3.04. The second kappa shape index (κ2) is 6.88. The third kappa shape index (κ3) is 3.26. The molecule has 0 saturated heterocycles. The van der Waals surface area contributed by atoms with Gasteiger partial charge in [0.05, 0.1) is 19.9 Å². The summed E-state index contributed by atoms with van der Waals surface area (Å²) in [5, 5.41) is 0. The van der Waals surface area contributed by atoms with Crippen LogP contribution in [0.1, 0.15) is 32.0 Å². The summed E-state index contributed by atoms with van der Waals surface area (Å²) in [4.78, 5) is 21.8. The molecular weight excluding hydrogens is 316 g/mol. The summed E-state index contributed by atoms with van der Waals surface area (Å²) in [6.45, 7) is 11.9. The molecule has 0 spiro atoms. The van der Waals surface area contributed by atoms with Gasteiger partial charge in [-0.15, -0.1) is 0 Å². The zero-order chi connectivity index (χ0) is 18.1. The minimum Gasteiger partial charge on any atom is -0.494 e. The molecule has 134 valence electrons. The Balaban J connectivity index is 2.08. The van der Waals surface area contributed by atoms with Gasteiger partial charge in [-0.3, -0.25) is 19.2 Å². The molecule has 1 aliphatic heterocycles. The summed E-state index contributed by atoms with van der Waals surface area (Å²) in [6.07, 6.45) is 0. The first kappa shape index (κ1) is 17.5. The summed E-state index contributed by atoms with van der Waals surface area (Å²) in [5.41, 5.74) is 2.52. The lowest BCUT2D eigenvalue weighted by Crippen LogP contribution is -2.50. The molecule has 2 heterocycles. The molecule has 0 atom stereocenters. The number of nitrogens with zero attached hydrogens (tertiary/aromatic N) is 4. The highest BCUT2D eigenvalue weighted by Crippen LogP contribution is 2.29. The molecule has 0 bridgehead atoms. The van der Waals surface area contributed by atoms with Crippen LogP contribution in [-0.4, -0.2) is 33.8 Å². The van der Waals surface area contributed by atoms with Crippen molar-refractivity contribution < 1.29 is 4.74 Å². The van der Waals surface area contributed by atoms with Crippen LogP contribution in [-0.2, 0) is 6.67 Å². The zero-order valence-corrected chi connectivity index (χ0v) is 15.6. The van der Waals surface area contributed by atoms with Crippen LogP contribution in [0.15, 0.2) is 29.1 Å². The van der Waals surface area contributed by atoms with Gasteiger partial charge in [-0.05, 0) is 58.9 Å². The summed E-state index contributed by atoms with van der Waals surface area (Å²) in [7, 11) is 0. The summed E-state index contributed by atoms with van der Waals surface area (Å²) < 4.78 is 7.30. The average molecular weight is 342 g/mol. The minimum absolute atomic E-state index is 0.0313. The summed E-state index contributed by atoms with van der Waals surface area (Å²) >= 11 is 0. The fourth-order valence-corrected chi connectivity index (χ4v) is 2.96. The van der Waals surface area contributed by atoms with Gasteiger partial charge >= 0.3 is 0 Å². The van der Waals surface area contributed by atoms with Crippen molar-refractivity contribution in [2.75, 3.05) is 18.2 Å². The van der Waals surface area contributed by atoms with Crippen molar-refractivity contribution in [3.63, 3.8) is 0 Å². The Morgan fingerprint density at radius 3 is 2.44 bits per heavy atom. The number of hydrogen-bond acceptors (Lipinski definition) is 5. The molecular formula is C19H26N4O2. The molecule has 1 aliphatic rings. The normalized spacial score (nSPS) is 14.7. The maximum Gasteiger partial charge on any atom is 0.259 e. The number of aromatic nitrogens is 2. The highest BCUT2D eigenvalue weighted by molar-refractivity contribution is 5.59. The van der Waals surface area contributed by atoms with Crippen molar-refractivity contribution in [2.45, 2.75) is 47.3 Å². The van der Waals surface area contributed by atoms with Crippen molar-refractivity contribution in [3.05, 3.63) is 45.9 Å². The second-order valence-electron chi connectivity index (χ2n) is 6.68. The molecule has 0 amide bonds. The lowest BCUT2D eigenvalue weighted by molar-refractivity contribution is 0.156. The van der Waals surface area contributed by atoms with E-state index in [1.165, 1.54) is 0 Å². The third-order valence-electron chi connectivity index (χ3n) is 4.70. The average Bonchev–Trinajstić information content (AvgIpc) is 2.60. The monoisotopic (exact) mass is 342 g/mol. The van der Waals surface area contributed by atoms with E-state index in [9.17, 15) is 4.79 Å².